The lowest BCUT2D eigenvalue weighted by Crippen LogP contribution is -2.40. The Morgan fingerprint density at radius 1 is 1.09 bits per heavy atom. The Kier molecular flexibility index (Phi) is 8.42. The van der Waals surface area contributed by atoms with Gasteiger partial charge in [-0.2, -0.15) is 0 Å². The highest BCUT2D eigenvalue weighted by molar-refractivity contribution is 6.30. The van der Waals surface area contributed by atoms with Gasteiger partial charge >= 0.3 is 0 Å². The monoisotopic (exact) mass is 354 g/mol. The second-order valence-corrected chi connectivity index (χ2v) is 5.75. The van der Waals surface area contributed by atoms with E-state index in [4.69, 9.17) is 11.6 Å². The molecular formula is C18H24Cl2N2O. The van der Waals surface area contributed by atoms with E-state index < -0.39 is 6.10 Å². The summed E-state index contributed by atoms with van der Waals surface area (Å²) in [5.74, 6) is 0. The molecule has 0 bridgehead atoms. The summed E-state index contributed by atoms with van der Waals surface area (Å²) in [6, 6.07) is 17.6. The molecular weight excluding hydrogens is 331 g/mol. The molecule has 2 aromatic carbocycles. The lowest BCUT2D eigenvalue weighted by Gasteiger charge is -2.34. The Hall–Kier alpha value is -1.26. The molecule has 0 heterocycles. The van der Waals surface area contributed by atoms with Gasteiger partial charge in [-0.3, -0.25) is 0 Å². The SMILES string of the molecule is CCNCC(O)C(c1ccc(Cl)cc1)N(C)c1ccccc1.Cl. The zero-order chi connectivity index (χ0) is 15.9. The summed E-state index contributed by atoms with van der Waals surface area (Å²) in [6.07, 6.45) is -0.522. The van der Waals surface area contributed by atoms with Crippen molar-refractivity contribution >= 4 is 29.7 Å². The molecule has 0 radical (unpaired) electrons. The lowest BCUT2D eigenvalue weighted by atomic mass is 9.99. The molecule has 0 fully saturated rings. The molecule has 126 valence electrons. The summed E-state index contributed by atoms with van der Waals surface area (Å²) in [4.78, 5) is 2.10. The highest BCUT2D eigenvalue weighted by Gasteiger charge is 2.25. The zero-order valence-corrected chi connectivity index (χ0v) is 15.0. The van der Waals surface area contributed by atoms with Gasteiger partial charge in [-0.1, -0.05) is 48.9 Å². The van der Waals surface area contributed by atoms with Gasteiger partial charge in [0.15, 0.2) is 0 Å². The van der Waals surface area contributed by atoms with Crippen LogP contribution in [0.3, 0.4) is 0 Å². The van der Waals surface area contributed by atoms with Crippen LogP contribution >= 0.6 is 24.0 Å². The number of aliphatic hydroxyl groups is 1. The third-order valence-electron chi connectivity index (χ3n) is 3.76. The van der Waals surface area contributed by atoms with Gasteiger partial charge < -0.3 is 15.3 Å². The maximum atomic E-state index is 10.7. The predicted octanol–water partition coefficient (Wildman–Crippen LogP) is 3.91. The number of nitrogens with zero attached hydrogens (tertiary/aromatic N) is 1. The lowest BCUT2D eigenvalue weighted by molar-refractivity contribution is 0.141. The largest absolute Gasteiger partial charge is 0.389 e. The van der Waals surface area contributed by atoms with Crippen LogP contribution in [0.2, 0.25) is 5.02 Å². The van der Waals surface area contributed by atoms with E-state index in [1.807, 2.05) is 68.6 Å². The van der Waals surface area contributed by atoms with E-state index in [0.717, 1.165) is 17.8 Å². The standard InChI is InChI=1S/C18H23ClN2O.ClH/c1-3-20-13-17(22)18(14-9-11-15(19)12-10-14)21(2)16-7-5-4-6-8-16;/h4-12,17-18,20,22H,3,13H2,1-2H3;1H. The first-order valence-corrected chi connectivity index (χ1v) is 7.93. The van der Waals surface area contributed by atoms with Crippen molar-refractivity contribution in [3.8, 4) is 0 Å². The van der Waals surface area contributed by atoms with Crippen molar-refractivity contribution in [1.29, 1.82) is 0 Å². The molecule has 2 N–H and O–H groups in total. The molecule has 5 heteroatoms. The van der Waals surface area contributed by atoms with Crippen LogP contribution in [-0.4, -0.2) is 31.3 Å². The minimum atomic E-state index is -0.522. The first kappa shape index (κ1) is 19.8. The van der Waals surface area contributed by atoms with Crippen LogP contribution in [-0.2, 0) is 0 Å². The average molecular weight is 355 g/mol. The van der Waals surface area contributed by atoms with Gasteiger partial charge in [-0.25, -0.2) is 0 Å². The number of anilines is 1. The first-order chi connectivity index (χ1) is 10.6. The number of aliphatic hydroxyl groups excluding tert-OH is 1. The van der Waals surface area contributed by atoms with Crippen molar-refractivity contribution < 1.29 is 5.11 Å². The number of likely N-dealkylation sites (N-methyl/N-ethyl adjacent to an activating group) is 2. The summed E-state index contributed by atoms with van der Waals surface area (Å²) in [5, 5.41) is 14.6. The van der Waals surface area contributed by atoms with Crippen molar-refractivity contribution in [1.82, 2.24) is 5.32 Å². The van der Waals surface area contributed by atoms with E-state index in [1.165, 1.54) is 0 Å². The van der Waals surface area contributed by atoms with Gasteiger partial charge in [0.05, 0.1) is 12.1 Å². The Balaban J connectivity index is 0.00000264. The van der Waals surface area contributed by atoms with Gasteiger partial charge in [0, 0.05) is 24.3 Å². The highest BCUT2D eigenvalue weighted by Crippen LogP contribution is 2.29. The van der Waals surface area contributed by atoms with E-state index in [-0.39, 0.29) is 18.4 Å². The van der Waals surface area contributed by atoms with Crippen molar-refractivity contribution in [2.24, 2.45) is 0 Å². The van der Waals surface area contributed by atoms with Gasteiger partial charge in [0.25, 0.3) is 0 Å². The smallest absolute Gasteiger partial charge is 0.0909 e. The van der Waals surface area contributed by atoms with Crippen LogP contribution < -0.4 is 10.2 Å². The molecule has 0 aliphatic rings. The predicted molar refractivity (Wildman–Crippen MR) is 101 cm³/mol. The third-order valence-corrected chi connectivity index (χ3v) is 4.01. The Morgan fingerprint density at radius 3 is 2.26 bits per heavy atom. The molecule has 2 atom stereocenters. The summed E-state index contributed by atoms with van der Waals surface area (Å²) in [6.45, 7) is 3.41. The van der Waals surface area contributed by atoms with Crippen molar-refractivity contribution in [2.75, 3.05) is 25.0 Å². The molecule has 23 heavy (non-hydrogen) atoms. The molecule has 0 amide bonds. The van der Waals surface area contributed by atoms with Crippen LogP contribution in [0.25, 0.3) is 0 Å². The number of rotatable bonds is 7. The fraction of sp³-hybridized carbons (Fsp3) is 0.333. The maximum absolute atomic E-state index is 10.7. The molecule has 0 saturated carbocycles. The fourth-order valence-corrected chi connectivity index (χ4v) is 2.72. The van der Waals surface area contributed by atoms with E-state index >= 15 is 0 Å². The van der Waals surface area contributed by atoms with E-state index in [2.05, 4.69) is 10.2 Å². The maximum Gasteiger partial charge on any atom is 0.0909 e. The molecule has 2 aromatic rings. The second kappa shape index (κ2) is 9.78. The second-order valence-electron chi connectivity index (χ2n) is 5.32. The van der Waals surface area contributed by atoms with Crippen LogP contribution in [0.4, 0.5) is 5.69 Å². The Labute approximate surface area is 149 Å². The molecule has 2 rings (SSSR count). The molecule has 0 aliphatic carbocycles. The average Bonchev–Trinajstić information content (AvgIpc) is 2.55. The number of nitrogens with one attached hydrogen (secondary N) is 1. The van der Waals surface area contributed by atoms with Crippen molar-refractivity contribution in [3.63, 3.8) is 0 Å². The molecule has 0 aromatic heterocycles. The quantitative estimate of drug-likeness (QED) is 0.791. The van der Waals surface area contributed by atoms with Crippen LogP contribution in [0, 0.1) is 0 Å². The van der Waals surface area contributed by atoms with Crippen molar-refractivity contribution in [3.05, 3.63) is 65.2 Å². The molecule has 0 aliphatic heterocycles. The van der Waals surface area contributed by atoms with Crippen LogP contribution in [0.1, 0.15) is 18.5 Å². The number of para-hydroxylation sites is 1. The normalized spacial score (nSPS) is 13.0. The molecule has 0 saturated heterocycles. The van der Waals surface area contributed by atoms with E-state index in [1.54, 1.807) is 0 Å². The summed E-state index contributed by atoms with van der Waals surface area (Å²) in [7, 11) is 2.00. The number of hydrogen-bond acceptors (Lipinski definition) is 3. The van der Waals surface area contributed by atoms with Crippen LogP contribution in [0.15, 0.2) is 54.6 Å². The van der Waals surface area contributed by atoms with Crippen molar-refractivity contribution in [2.45, 2.75) is 19.1 Å². The summed E-state index contributed by atoms with van der Waals surface area (Å²) < 4.78 is 0. The van der Waals surface area contributed by atoms with Gasteiger partial charge in [-0.15, -0.1) is 12.4 Å². The molecule has 2 unspecified atom stereocenters. The highest BCUT2D eigenvalue weighted by atomic mass is 35.5. The third kappa shape index (κ3) is 5.40. The van der Waals surface area contributed by atoms with Crippen LogP contribution in [0.5, 0.6) is 0 Å². The minimum absolute atomic E-state index is 0. The fourth-order valence-electron chi connectivity index (χ4n) is 2.59. The summed E-state index contributed by atoms with van der Waals surface area (Å²) >= 11 is 5.99. The number of benzene rings is 2. The van der Waals surface area contributed by atoms with E-state index in [0.29, 0.717) is 11.6 Å². The number of hydrogen-bond donors (Lipinski definition) is 2. The Bertz CT molecular complexity index is 563. The number of halogens is 2. The Morgan fingerprint density at radius 2 is 1.70 bits per heavy atom. The van der Waals surface area contributed by atoms with Gasteiger partial charge in [-0.05, 0) is 36.4 Å². The molecule has 3 nitrogen and oxygen atoms in total. The first-order valence-electron chi connectivity index (χ1n) is 7.55. The molecule has 0 spiro atoms. The topological polar surface area (TPSA) is 35.5 Å². The van der Waals surface area contributed by atoms with Gasteiger partial charge in [0.1, 0.15) is 0 Å². The van der Waals surface area contributed by atoms with Gasteiger partial charge in [0.2, 0.25) is 0 Å². The minimum Gasteiger partial charge on any atom is -0.389 e. The summed E-state index contributed by atoms with van der Waals surface area (Å²) in [5.41, 5.74) is 2.11. The zero-order valence-electron chi connectivity index (χ0n) is 13.4. The van der Waals surface area contributed by atoms with E-state index in [9.17, 15) is 5.11 Å².